The van der Waals surface area contributed by atoms with Crippen molar-refractivity contribution in [3.63, 3.8) is 0 Å². The number of piperidine rings is 1. The summed E-state index contributed by atoms with van der Waals surface area (Å²) in [5.41, 5.74) is 8.42. The second-order valence-corrected chi connectivity index (χ2v) is 7.05. The van der Waals surface area contributed by atoms with Crippen LogP contribution in [-0.4, -0.2) is 38.6 Å². The van der Waals surface area contributed by atoms with Crippen molar-refractivity contribution >= 4 is 21.6 Å². The molecule has 112 valence electrons. The monoisotopic (exact) mass is 339 g/mol. The predicted molar refractivity (Wildman–Crippen MR) is 90.2 cm³/mol. The summed E-state index contributed by atoms with van der Waals surface area (Å²) in [7, 11) is 4.32. The maximum absolute atomic E-state index is 5.94. The molecule has 0 amide bonds. The predicted octanol–water partition coefficient (Wildman–Crippen LogP) is 3.25. The second-order valence-electron chi connectivity index (χ2n) is 6.19. The van der Waals surface area contributed by atoms with Crippen LogP contribution in [0, 0.1) is 5.92 Å². The van der Waals surface area contributed by atoms with E-state index in [0.29, 0.717) is 0 Å². The molecular formula is C16H26BrN3. The van der Waals surface area contributed by atoms with Gasteiger partial charge in [-0.25, -0.2) is 0 Å². The summed E-state index contributed by atoms with van der Waals surface area (Å²) in [6, 6.07) is 6.60. The molecule has 1 fully saturated rings. The molecule has 0 aromatic heterocycles. The van der Waals surface area contributed by atoms with E-state index in [9.17, 15) is 0 Å². The summed E-state index contributed by atoms with van der Waals surface area (Å²) in [4.78, 5) is 4.79. The Bertz CT molecular complexity index is 437. The molecule has 1 aromatic rings. The standard InChI is InChI=1S/C16H26BrN3/c1-12(18)14-4-5-16(15(17)10-14)20-8-6-13(7-9-20)11-19(2)3/h4-5,10,12-13H,6-9,11,18H2,1-3H3/t12-/m0/s1. The van der Waals surface area contributed by atoms with Crippen molar-refractivity contribution in [2.45, 2.75) is 25.8 Å². The largest absolute Gasteiger partial charge is 0.371 e. The van der Waals surface area contributed by atoms with Gasteiger partial charge >= 0.3 is 0 Å². The molecule has 0 saturated carbocycles. The smallest absolute Gasteiger partial charge is 0.0510 e. The first-order chi connectivity index (χ1) is 9.47. The van der Waals surface area contributed by atoms with Gasteiger partial charge in [0, 0.05) is 30.1 Å². The Morgan fingerprint density at radius 3 is 2.50 bits per heavy atom. The minimum absolute atomic E-state index is 0.0891. The van der Waals surface area contributed by atoms with Crippen LogP contribution in [-0.2, 0) is 0 Å². The molecule has 0 spiro atoms. The third-order valence-electron chi connectivity index (χ3n) is 4.08. The van der Waals surface area contributed by atoms with Crippen molar-refractivity contribution in [1.82, 2.24) is 4.90 Å². The number of anilines is 1. The lowest BCUT2D eigenvalue weighted by molar-refractivity contribution is 0.285. The number of nitrogens with zero attached hydrogens (tertiary/aromatic N) is 2. The molecule has 2 N–H and O–H groups in total. The minimum Gasteiger partial charge on any atom is -0.371 e. The Morgan fingerprint density at radius 2 is 2.00 bits per heavy atom. The van der Waals surface area contributed by atoms with Gasteiger partial charge in [-0.15, -0.1) is 0 Å². The fraction of sp³-hybridized carbons (Fsp3) is 0.625. The summed E-state index contributed by atoms with van der Waals surface area (Å²) >= 11 is 3.70. The first-order valence-corrected chi connectivity index (χ1v) is 8.21. The molecule has 1 atom stereocenters. The van der Waals surface area contributed by atoms with Crippen LogP contribution in [0.2, 0.25) is 0 Å². The van der Waals surface area contributed by atoms with Crippen molar-refractivity contribution in [1.29, 1.82) is 0 Å². The highest BCUT2D eigenvalue weighted by atomic mass is 79.9. The van der Waals surface area contributed by atoms with Crippen molar-refractivity contribution in [2.75, 3.05) is 38.6 Å². The summed E-state index contributed by atoms with van der Waals surface area (Å²) in [6.07, 6.45) is 2.55. The second kappa shape index (κ2) is 6.92. The molecule has 0 radical (unpaired) electrons. The molecule has 1 aromatic carbocycles. The molecule has 0 aliphatic carbocycles. The van der Waals surface area contributed by atoms with Crippen LogP contribution >= 0.6 is 15.9 Å². The van der Waals surface area contributed by atoms with E-state index in [1.807, 2.05) is 6.92 Å². The molecule has 0 unspecified atom stereocenters. The quantitative estimate of drug-likeness (QED) is 0.913. The molecule has 1 saturated heterocycles. The van der Waals surface area contributed by atoms with Crippen molar-refractivity contribution in [2.24, 2.45) is 11.7 Å². The van der Waals surface area contributed by atoms with Gasteiger partial charge in [0.05, 0.1) is 5.69 Å². The number of hydrogen-bond acceptors (Lipinski definition) is 3. The van der Waals surface area contributed by atoms with Crippen LogP contribution in [0.5, 0.6) is 0 Å². The van der Waals surface area contributed by atoms with Crippen LogP contribution in [0.1, 0.15) is 31.4 Å². The van der Waals surface area contributed by atoms with E-state index in [1.54, 1.807) is 0 Å². The molecular weight excluding hydrogens is 314 g/mol. The fourth-order valence-corrected chi connectivity index (χ4v) is 3.58. The summed E-state index contributed by atoms with van der Waals surface area (Å²) in [5.74, 6) is 0.836. The van der Waals surface area contributed by atoms with Gasteiger partial charge in [0.25, 0.3) is 0 Å². The van der Waals surface area contributed by atoms with Crippen molar-refractivity contribution in [3.8, 4) is 0 Å². The molecule has 1 aliphatic heterocycles. The molecule has 1 heterocycles. The third kappa shape index (κ3) is 3.96. The zero-order valence-corrected chi connectivity index (χ0v) is 14.4. The number of hydrogen-bond donors (Lipinski definition) is 1. The average Bonchev–Trinajstić information content (AvgIpc) is 2.39. The maximum atomic E-state index is 5.94. The van der Waals surface area contributed by atoms with Gasteiger partial charge in [-0.05, 0) is 73.4 Å². The van der Waals surface area contributed by atoms with E-state index in [4.69, 9.17) is 5.73 Å². The highest BCUT2D eigenvalue weighted by Gasteiger charge is 2.21. The van der Waals surface area contributed by atoms with E-state index in [2.05, 4.69) is 58.0 Å². The molecule has 2 rings (SSSR count). The Kier molecular flexibility index (Phi) is 5.47. The minimum atomic E-state index is 0.0891. The maximum Gasteiger partial charge on any atom is 0.0510 e. The van der Waals surface area contributed by atoms with Gasteiger partial charge in [0.1, 0.15) is 0 Å². The normalized spacial score (nSPS) is 18.6. The van der Waals surface area contributed by atoms with Crippen LogP contribution in [0.4, 0.5) is 5.69 Å². The Labute approximate surface area is 131 Å². The first-order valence-electron chi connectivity index (χ1n) is 7.42. The highest BCUT2D eigenvalue weighted by Crippen LogP contribution is 2.32. The van der Waals surface area contributed by atoms with Crippen LogP contribution in [0.15, 0.2) is 22.7 Å². The van der Waals surface area contributed by atoms with Gasteiger partial charge in [-0.1, -0.05) is 6.07 Å². The van der Waals surface area contributed by atoms with Gasteiger partial charge in [0.2, 0.25) is 0 Å². The lowest BCUT2D eigenvalue weighted by Gasteiger charge is -2.35. The zero-order chi connectivity index (χ0) is 14.7. The van der Waals surface area contributed by atoms with Crippen molar-refractivity contribution < 1.29 is 0 Å². The SMILES string of the molecule is C[C@H](N)c1ccc(N2CCC(CN(C)C)CC2)c(Br)c1. The fourth-order valence-electron chi connectivity index (χ4n) is 2.94. The van der Waals surface area contributed by atoms with E-state index < -0.39 is 0 Å². The van der Waals surface area contributed by atoms with E-state index >= 15 is 0 Å². The highest BCUT2D eigenvalue weighted by molar-refractivity contribution is 9.10. The summed E-state index contributed by atoms with van der Waals surface area (Å²) in [5, 5.41) is 0. The Morgan fingerprint density at radius 1 is 1.35 bits per heavy atom. The van der Waals surface area contributed by atoms with E-state index in [-0.39, 0.29) is 6.04 Å². The third-order valence-corrected chi connectivity index (χ3v) is 4.71. The number of nitrogens with two attached hydrogens (primary N) is 1. The van der Waals surface area contributed by atoms with Crippen LogP contribution < -0.4 is 10.6 Å². The lowest BCUT2D eigenvalue weighted by Crippen LogP contribution is -2.37. The van der Waals surface area contributed by atoms with Crippen molar-refractivity contribution in [3.05, 3.63) is 28.2 Å². The van der Waals surface area contributed by atoms with Crippen LogP contribution in [0.25, 0.3) is 0 Å². The Hall–Kier alpha value is -0.580. The van der Waals surface area contributed by atoms with Gasteiger partial charge in [-0.3, -0.25) is 0 Å². The molecule has 4 heteroatoms. The molecule has 20 heavy (non-hydrogen) atoms. The summed E-state index contributed by atoms with van der Waals surface area (Å²) < 4.78 is 1.17. The zero-order valence-electron chi connectivity index (χ0n) is 12.8. The number of halogens is 1. The topological polar surface area (TPSA) is 32.5 Å². The average molecular weight is 340 g/mol. The lowest BCUT2D eigenvalue weighted by atomic mass is 9.96. The molecule has 0 bridgehead atoms. The number of benzene rings is 1. The number of rotatable bonds is 4. The van der Waals surface area contributed by atoms with Gasteiger partial charge < -0.3 is 15.5 Å². The summed E-state index contributed by atoms with van der Waals surface area (Å²) in [6.45, 7) is 5.52. The van der Waals surface area contributed by atoms with E-state index in [1.165, 1.54) is 35.1 Å². The molecule has 1 aliphatic rings. The van der Waals surface area contributed by atoms with Gasteiger partial charge in [-0.2, -0.15) is 0 Å². The first kappa shape index (κ1) is 15.8. The van der Waals surface area contributed by atoms with E-state index in [0.717, 1.165) is 19.0 Å². The molecule has 3 nitrogen and oxygen atoms in total. The van der Waals surface area contributed by atoms with Crippen LogP contribution in [0.3, 0.4) is 0 Å². The Balaban J connectivity index is 2.00. The van der Waals surface area contributed by atoms with Gasteiger partial charge in [0.15, 0.2) is 0 Å².